The summed E-state index contributed by atoms with van der Waals surface area (Å²) in [5.41, 5.74) is 1.97. The van der Waals surface area contributed by atoms with Gasteiger partial charge in [-0.3, -0.25) is 0 Å². The lowest BCUT2D eigenvalue weighted by atomic mass is 10.1. The van der Waals surface area contributed by atoms with E-state index < -0.39 is 0 Å². The van der Waals surface area contributed by atoms with Crippen LogP contribution < -0.4 is 10.0 Å². The maximum absolute atomic E-state index is 11.3. The molecule has 0 saturated carbocycles. The Hall–Kier alpha value is -2.89. The lowest BCUT2D eigenvalue weighted by Crippen LogP contribution is -2.22. The molecular formula is C23H20NO3S-. The van der Waals surface area contributed by atoms with Crippen molar-refractivity contribution < 1.29 is 14.9 Å². The van der Waals surface area contributed by atoms with Gasteiger partial charge < -0.3 is 19.8 Å². The fraction of sp³-hybridized carbons (Fsp3) is 0.130. The molecule has 0 bridgehead atoms. The number of ether oxygens (including phenoxy) is 1. The van der Waals surface area contributed by atoms with Crippen molar-refractivity contribution in [1.29, 1.82) is 0 Å². The van der Waals surface area contributed by atoms with Gasteiger partial charge in [-0.15, -0.1) is 0 Å². The highest BCUT2D eigenvalue weighted by Gasteiger charge is 2.26. The molecule has 142 valence electrons. The van der Waals surface area contributed by atoms with Gasteiger partial charge in [0.2, 0.25) is 0 Å². The van der Waals surface area contributed by atoms with E-state index in [1.807, 2.05) is 12.2 Å². The molecule has 4 nitrogen and oxygen atoms in total. The first-order valence-corrected chi connectivity index (χ1v) is 9.83. The number of benzene rings is 3. The van der Waals surface area contributed by atoms with Gasteiger partial charge in [0, 0.05) is 18.6 Å². The van der Waals surface area contributed by atoms with Gasteiger partial charge in [-0.05, 0) is 34.5 Å². The number of thioether (sulfide) groups is 1. The molecule has 0 atom stereocenters. The summed E-state index contributed by atoms with van der Waals surface area (Å²) in [5.74, 6) is -0.597. The number of rotatable bonds is 5. The Morgan fingerprint density at radius 3 is 2.82 bits per heavy atom. The van der Waals surface area contributed by atoms with Crippen molar-refractivity contribution in [2.24, 2.45) is 0 Å². The molecule has 0 aromatic heterocycles. The first-order valence-electron chi connectivity index (χ1n) is 9.02. The molecule has 0 saturated heterocycles. The zero-order chi connectivity index (χ0) is 19.5. The van der Waals surface area contributed by atoms with E-state index in [1.165, 1.54) is 33.5 Å². The average Bonchev–Trinajstić information content (AvgIpc) is 3.07. The van der Waals surface area contributed by atoms with Crippen LogP contribution in [0.25, 0.3) is 16.8 Å². The van der Waals surface area contributed by atoms with E-state index in [9.17, 15) is 10.2 Å². The molecule has 0 unspecified atom stereocenters. The van der Waals surface area contributed by atoms with Crippen LogP contribution in [-0.2, 0) is 4.74 Å². The summed E-state index contributed by atoms with van der Waals surface area (Å²) in [7, 11) is 1.71. The van der Waals surface area contributed by atoms with Crippen molar-refractivity contribution in [3.8, 4) is 11.5 Å². The number of anilines is 1. The highest BCUT2D eigenvalue weighted by atomic mass is 32.2. The largest absolute Gasteiger partial charge is 0.870 e. The number of phenols is 1. The van der Waals surface area contributed by atoms with Crippen molar-refractivity contribution in [3.05, 3.63) is 77.3 Å². The standard InChI is InChI=1S/C23H21NO3S/c1-27-14-13-24-19-11-10-17-6-2-3-7-18(17)23(19)28-22(24)8-4-5-16-9-12-20(25)21(26)15-16/h2-12,15,25-26H,13-14H2,1H3/p-1/b5-4+,22-8-. The first-order chi connectivity index (χ1) is 13.7. The van der Waals surface area contributed by atoms with Crippen LogP contribution in [0.15, 0.2) is 76.7 Å². The minimum absolute atomic E-state index is 0.231. The molecule has 3 aromatic rings. The molecule has 4 rings (SSSR count). The quantitative estimate of drug-likeness (QED) is 0.682. The number of fused-ring (bicyclic) bond motifs is 3. The number of phenolic OH excluding ortho intramolecular Hbond substituents is 1. The van der Waals surface area contributed by atoms with Gasteiger partial charge in [-0.2, -0.15) is 0 Å². The fourth-order valence-electron chi connectivity index (χ4n) is 3.25. The van der Waals surface area contributed by atoms with Crippen LogP contribution in [0.4, 0.5) is 5.69 Å². The molecule has 1 N–H and O–H groups in total. The summed E-state index contributed by atoms with van der Waals surface area (Å²) in [4.78, 5) is 3.51. The van der Waals surface area contributed by atoms with E-state index in [0.29, 0.717) is 6.61 Å². The SMILES string of the molecule is COCCN1/C(=C/C=C/c2ccc([O-])c(O)c2)Sc2c1ccc1ccccc21. The molecule has 0 radical (unpaired) electrons. The highest BCUT2D eigenvalue weighted by molar-refractivity contribution is 8.04. The van der Waals surface area contributed by atoms with Gasteiger partial charge in [0.15, 0.2) is 0 Å². The summed E-state index contributed by atoms with van der Waals surface area (Å²) in [6.45, 7) is 1.40. The second-order valence-electron chi connectivity index (χ2n) is 6.47. The number of allylic oxidation sites excluding steroid dienone is 2. The molecule has 1 heterocycles. The number of hydrogen-bond acceptors (Lipinski definition) is 5. The highest BCUT2D eigenvalue weighted by Crippen LogP contribution is 2.49. The van der Waals surface area contributed by atoms with Crippen molar-refractivity contribution in [3.63, 3.8) is 0 Å². The molecule has 1 aliphatic heterocycles. The Morgan fingerprint density at radius 1 is 1.14 bits per heavy atom. The zero-order valence-corrected chi connectivity index (χ0v) is 16.3. The van der Waals surface area contributed by atoms with E-state index in [1.54, 1.807) is 24.9 Å². The summed E-state index contributed by atoms with van der Waals surface area (Å²) < 4.78 is 5.30. The van der Waals surface area contributed by atoms with Crippen molar-refractivity contribution >= 4 is 34.3 Å². The van der Waals surface area contributed by atoms with Gasteiger partial charge in [0.05, 0.1) is 17.3 Å². The van der Waals surface area contributed by atoms with Gasteiger partial charge in [0.1, 0.15) is 5.75 Å². The van der Waals surface area contributed by atoms with Crippen LogP contribution in [-0.4, -0.2) is 25.4 Å². The van der Waals surface area contributed by atoms with Gasteiger partial charge in [0.25, 0.3) is 0 Å². The molecular weight excluding hydrogens is 370 g/mol. The molecule has 0 fully saturated rings. The summed E-state index contributed by atoms with van der Waals surface area (Å²) in [6.07, 6.45) is 5.87. The van der Waals surface area contributed by atoms with E-state index in [2.05, 4.69) is 47.4 Å². The molecule has 0 aliphatic carbocycles. The minimum atomic E-state index is -0.366. The Bertz CT molecular complexity index is 1070. The zero-order valence-electron chi connectivity index (χ0n) is 15.5. The Kier molecular flexibility index (Phi) is 5.28. The predicted molar refractivity (Wildman–Crippen MR) is 114 cm³/mol. The topological polar surface area (TPSA) is 55.8 Å². The fourth-order valence-corrected chi connectivity index (χ4v) is 4.48. The molecule has 1 aliphatic rings. The lowest BCUT2D eigenvalue weighted by Gasteiger charge is -2.19. The predicted octanol–water partition coefficient (Wildman–Crippen LogP) is 4.73. The normalized spacial score (nSPS) is 15.0. The minimum Gasteiger partial charge on any atom is -0.870 e. The van der Waals surface area contributed by atoms with Crippen LogP contribution in [0.3, 0.4) is 0 Å². The van der Waals surface area contributed by atoms with Crippen molar-refractivity contribution in [1.82, 2.24) is 0 Å². The maximum atomic E-state index is 11.3. The second-order valence-corrected chi connectivity index (χ2v) is 7.50. The van der Waals surface area contributed by atoms with E-state index in [4.69, 9.17) is 4.74 Å². The van der Waals surface area contributed by atoms with Crippen molar-refractivity contribution in [2.75, 3.05) is 25.2 Å². The van der Waals surface area contributed by atoms with Crippen LogP contribution >= 0.6 is 11.8 Å². The van der Waals surface area contributed by atoms with Gasteiger partial charge in [-0.25, -0.2) is 0 Å². The second kappa shape index (κ2) is 8.00. The lowest BCUT2D eigenvalue weighted by molar-refractivity contribution is -0.270. The maximum Gasteiger partial charge on any atom is 0.108 e. The molecule has 3 aromatic carbocycles. The Labute approximate surface area is 168 Å². The monoisotopic (exact) mass is 390 g/mol. The van der Waals surface area contributed by atoms with Crippen LogP contribution in [0.1, 0.15) is 5.56 Å². The number of nitrogens with zero attached hydrogens (tertiary/aromatic N) is 1. The molecule has 28 heavy (non-hydrogen) atoms. The molecule has 5 heteroatoms. The first kappa shape index (κ1) is 18.5. The van der Waals surface area contributed by atoms with Crippen LogP contribution in [0, 0.1) is 0 Å². The third kappa shape index (κ3) is 3.59. The third-order valence-corrected chi connectivity index (χ3v) is 5.85. The van der Waals surface area contributed by atoms with E-state index >= 15 is 0 Å². The van der Waals surface area contributed by atoms with Gasteiger partial charge >= 0.3 is 0 Å². The molecule has 0 amide bonds. The van der Waals surface area contributed by atoms with Crippen LogP contribution in [0.2, 0.25) is 0 Å². The van der Waals surface area contributed by atoms with Crippen LogP contribution in [0.5, 0.6) is 11.5 Å². The number of methoxy groups -OCH3 is 1. The Balaban J connectivity index is 1.66. The van der Waals surface area contributed by atoms with Crippen molar-refractivity contribution in [2.45, 2.75) is 4.90 Å². The third-order valence-electron chi connectivity index (χ3n) is 4.65. The summed E-state index contributed by atoms with van der Waals surface area (Å²) in [5, 5.41) is 24.5. The summed E-state index contributed by atoms with van der Waals surface area (Å²) >= 11 is 1.75. The Morgan fingerprint density at radius 2 is 2.00 bits per heavy atom. The molecule has 0 spiro atoms. The average molecular weight is 390 g/mol. The summed E-state index contributed by atoms with van der Waals surface area (Å²) in [6, 6.07) is 17.3. The number of hydrogen-bond donors (Lipinski definition) is 1. The number of aromatic hydroxyl groups is 1. The van der Waals surface area contributed by atoms with E-state index in [-0.39, 0.29) is 11.5 Å². The van der Waals surface area contributed by atoms with E-state index in [0.717, 1.165) is 17.1 Å². The smallest absolute Gasteiger partial charge is 0.108 e. The van der Waals surface area contributed by atoms with Gasteiger partial charge in [-0.1, -0.05) is 72.1 Å².